The molecule has 1 saturated heterocycles. The molecule has 23 heavy (non-hydrogen) atoms. The predicted molar refractivity (Wildman–Crippen MR) is 92.8 cm³/mol. The summed E-state index contributed by atoms with van der Waals surface area (Å²) in [6.45, 7) is 5.28. The summed E-state index contributed by atoms with van der Waals surface area (Å²) in [5.41, 5.74) is 0.925. The van der Waals surface area contributed by atoms with Gasteiger partial charge in [0.15, 0.2) is 5.82 Å². The van der Waals surface area contributed by atoms with E-state index in [0.717, 1.165) is 50.5 Å². The predicted octanol–water partition coefficient (Wildman–Crippen LogP) is 2.52. The van der Waals surface area contributed by atoms with Gasteiger partial charge in [-0.2, -0.15) is 5.10 Å². The van der Waals surface area contributed by atoms with Crippen molar-refractivity contribution in [3.63, 3.8) is 0 Å². The van der Waals surface area contributed by atoms with Crippen LogP contribution in [0.2, 0.25) is 0 Å². The summed E-state index contributed by atoms with van der Waals surface area (Å²) in [6, 6.07) is 8.13. The van der Waals surface area contributed by atoms with Gasteiger partial charge in [0.2, 0.25) is 5.91 Å². The van der Waals surface area contributed by atoms with Gasteiger partial charge >= 0.3 is 0 Å². The van der Waals surface area contributed by atoms with E-state index >= 15 is 0 Å². The molecule has 0 saturated carbocycles. The molecular weight excluding hydrogens is 308 g/mol. The molecule has 0 N–H and O–H groups in total. The molecule has 3 rings (SSSR count). The Morgan fingerprint density at radius 1 is 1.17 bits per heavy atom. The fourth-order valence-electron chi connectivity index (χ4n) is 2.80. The van der Waals surface area contributed by atoms with Crippen LogP contribution in [0.5, 0.6) is 0 Å². The SMILES string of the molecule is Cc1ccc(N2CCCN(C(=O)CCc3cccs3)CC2)nn1. The van der Waals surface area contributed by atoms with Crippen LogP contribution in [-0.2, 0) is 11.2 Å². The highest BCUT2D eigenvalue weighted by atomic mass is 32.1. The summed E-state index contributed by atoms with van der Waals surface area (Å²) in [7, 11) is 0. The minimum Gasteiger partial charge on any atom is -0.353 e. The van der Waals surface area contributed by atoms with Crippen LogP contribution < -0.4 is 4.90 Å². The Morgan fingerprint density at radius 2 is 2.09 bits per heavy atom. The minimum atomic E-state index is 0.259. The summed E-state index contributed by atoms with van der Waals surface area (Å²) in [4.78, 5) is 17.9. The first-order valence-electron chi connectivity index (χ1n) is 8.08. The molecule has 2 aromatic rings. The molecule has 1 aliphatic heterocycles. The molecule has 0 aromatic carbocycles. The smallest absolute Gasteiger partial charge is 0.222 e. The number of aromatic nitrogens is 2. The van der Waals surface area contributed by atoms with E-state index in [4.69, 9.17) is 0 Å². The number of hydrogen-bond donors (Lipinski definition) is 0. The van der Waals surface area contributed by atoms with Crippen molar-refractivity contribution >= 4 is 23.1 Å². The van der Waals surface area contributed by atoms with E-state index in [-0.39, 0.29) is 5.91 Å². The average Bonchev–Trinajstić information content (AvgIpc) is 2.96. The number of amides is 1. The lowest BCUT2D eigenvalue weighted by molar-refractivity contribution is -0.130. The Kier molecular flexibility index (Phi) is 5.23. The fourth-order valence-corrected chi connectivity index (χ4v) is 3.51. The molecule has 0 unspecified atom stereocenters. The Bertz CT molecular complexity index is 627. The third-order valence-corrected chi connectivity index (χ3v) is 5.06. The largest absolute Gasteiger partial charge is 0.353 e. The second kappa shape index (κ2) is 7.55. The van der Waals surface area contributed by atoms with Crippen molar-refractivity contribution < 1.29 is 4.79 Å². The lowest BCUT2D eigenvalue weighted by atomic mass is 10.2. The Balaban J connectivity index is 1.53. The van der Waals surface area contributed by atoms with E-state index in [2.05, 4.69) is 26.5 Å². The van der Waals surface area contributed by atoms with Gasteiger partial charge in [0.05, 0.1) is 5.69 Å². The molecule has 1 amide bonds. The lowest BCUT2D eigenvalue weighted by Crippen LogP contribution is -2.35. The minimum absolute atomic E-state index is 0.259. The molecule has 1 fully saturated rings. The third kappa shape index (κ3) is 4.28. The normalized spacial score (nSPS) is 15.5. The average molecular weight is 330 g/mol. The fraction of sp³-hybridized carbons (Fsp3) is 0.471. The zero-order valence-corrected chi connectivity index (χ0v) is 14.3. The first-order valence-corrected chi connectivity index (χ1v) is 8.96. The van der Waals surface area contributed by atoms with Gasteiger partial charge in [0, 0.05) is 37.5 Å². The number of aryl methyl sites for hydroxylation is 2. The number of carbonyl (C=O) groups is 1. The second-order valence-corrected chi connectivity index (χ2v) is 6.87. The number of thiophene rings is 1. The van der Waals surface area contributed by atoms with Crippen LogP contribution in [0.1, 0.15) is 23.4 Å². The molecule has 0 bridgehead atoms. The zero-order valence-electron chi connectivity index (χ0n) is 13.4. The molecule has 2 aromatic heterocycles. The maximum atomic E-state index is 12.4. The number of rotatable bonds is 4. The topological polar surface area (TPSA) is 49.3 Å². The van der Waals surface area contributed by atoms with Gasteiger partial charge in [-0.25, -0.2) is 0 Å². The van der Waals surface area contributed by atoms with E-state index in [9.17, 15) is 4.79 Å². The Morgan fingerprint density at radius 3 is 2.83 bits per heavy atom. The van der Waals surface area contributed by atoms with Gasteiger partial charge in [-0.15, -0.1) is 16.4 Å². The summed E-state index contributed by atoms with van der Waals surface area (Å²) in [5, 5.41) is 10.4. The van der Waals surface area contributed by atoms with Crippen molar-refractivity contribution in [1.29, 1.82) is 0 Å². The van der Waals surface area contributed by atoms with Crippen LogP contribution in [0.4, 0.5) is 5.82 Å². The molecule has 0 radical (unpaired) electrons. The monoisotopic (exact) mass is 330 g/mol. The maximum absolute atomic E-state index is 12.4. The van der Waals surface area contributed by atoms with E-state index in [1.54, 1.807) is 11.3 Å². The number of hydrogen-bond acceptors (Lipinski definition) is 5. The molecule has 0 aliphatic carbocycles. The molecule has 1 aliphatic rings. The van der Waals surface area contributed by atoms with Crippen LogP contribution in [0.25, 0.3) is 0 Å². The highest BCUT2D eigenvalue weighted by Gasteiger charge is 2.19. The van der Waals surface area contributed by atoms with Crippen LogP contribution in [0.15, 0.2) is 29.6 Å². The molecule has 0 spiro atoms. The van der Waals surface area contributed by atoms with Crippen molar-refractivity contribution in [2.75, 3.05) is 31.1 Å². The van der Waals surface area contributed by atoms with E-state index < -0.39 is 0 Å². The van der Waals surface area contributed by atoms with Gasteiger partial charge in [0.1, 0.15) is 0 Å². The van der Waals surface area contributed by atoms with Crippen molar-refractivity contribution in [3.05, 3.63) is 40.2 Å². The first kappa shape index (κ1) is 15.9. The van der Waals surface area contributed by atoms with Gasteiger partial charge in [-0.05, 0) is 43.3 Å². The third-order valence-electron chi connectivity index (χ3n) is 4.12. The van der Waals surface area contributed by atoms with E-state index in [0.29, 0.717) is 6.42 Å². The van der Waals surface area contributed by atoms with Crippen molar-refractivity contribution in [1.82, 2.24) is 15.1 Å². The van der Waals surface area contributed by atoms with Crippen LogP contribution in [-0.4, -0.2) is 47.2 Å². The number of anilines is 1. The number of carbonyl (C=O) groups excluding carboxylic acids is 1. The van der Waals surface area contributed by atoms with Crippen LogP contribution >= 0.6 is 11.3 Å². The van der Waals surface area contributed by atoms with Gasteiger partial charge < -0.3 is 9.80 Å². The molecule has 5 nitrogen and oxygen atoms in total. The van der Waals surface area contributed by atoms with Gasteiger partial charge in [0.25, 0.3) is 0 Å². The highest BCUT2D eigenvalue weighted by molar-refractivity contribution is 7.09. The van der Waals surface area contributed by atoms with Crippen LogP contribution in [0, 0.1) is 6.92 Å². The van der Waals surface area contributed by atoms with Crippen molar-refractivity contribution in [2.45, 2.75) is 26.2 Å². The summed E-state index contributed by atoms with van der Waals surface area (Å²) in [5.74, 6) is 1.17. The van der Waals surface area contributed by atoms with E-state index in [1.165, 1.54) is 4.88 Å². The maximum Gasteiger partial charge on any atom is 0.222 e. The first-order chi connectivity index (χ1) is 11.2. The summed E-state index contributed by atoms with van der Waals surface area (Å²) in [6.07, 6.45) is 2.42. The molecule has 6 heteroatoms. The van der Waals surface area contributed by atoms with Crippen LogP contribution in [0.3, 0.4) is 0 Å². The van der Waals surface area contributed by atoms with E-state index in [1.807, 2.05) is 30.0 Å². The molecule has 3 heterocycles. The Hall–Kier alpha value is -1.95. The quantitative estimate of drug-likeness (QED) is 0.864. The standard InChI is InChI=1S/C17H22N4OS/c1-14-5-7-16(19-18-14)20-9-3-10-21(12-11-20)17(22)8-6-15-4-2-13-23-15/h2,4-5,7,13H,3,6,8-12H2,1H3. The highest BCUT2D eigenvalue weighted by Crippen LogP contribution is 2.15. The van der Waals surface area contributed by atoms with Gasteiger partial charge in [-0.1, -0.05) is 6.07 Å². The van der Waals surface area contributed by atoms with Crippen molar-refractivity contribution in [3.8, 4) is 0 Å². The van der Waals surface area contributed by atoms with Crippen molar-refractivity contribution in [2.24, 2.45) is 0 Å². The molecular formula is C17H22N4OS. The lowest BCUT2D eigenvalue weighted by Gasteiger charge is -2.22. The molecule has 122 valence electrons. The Labute approximate surface area is 140 Å². The zero-order chi connectivity index (χ0) is 16.1. The second-order valence-electron chi connectivity index (χ2n) is 5.83. The number of nitrogens with zero attached hydrogens (tertiary/aromatic N) is 4. The summed E-state index contributed by atoms with van der Waals surface area (Å²) < 4.78 is 0. The molecule has 0 atom stereocenters. The summed E-state index contributed by atoms with van der Waals surface area (Å²) >= 11 is 1.72. The van der Waals surface area contributed by atoms with Gasteiger partial charge in [-0.3, -0.25) is 4.79 Å².